The van der Waals surface area contributed by atoms with Crippen molar-refractivity contribution >= 4 is 15.9 Å². The fraction of sp³-hybridized carbons (Fsp3) is 0.278. The molecule has 5 nitrogen and oxygen atoms in total. The minimum Gasteiger partial charge on any atom is -0.340 e. The van der Waals surface area contributed by atoms with Crippen molar-refractivity contribution in [1.82, 2.24) is 9.21 Å². The van der Waals surface area contributed by atoms with Crippen LogP contribution in [0.4, 0.5) is 8.78 Å². The van der Waals surface area contributed by atoms with Gasteiger partial charge in [-0.25, -0.2) is 17.2 Å². The third kappa shape index (κ3) is 3.91. The van der Waals surface area contributed by atoms with Gasteiger partial charge in [0.25, 0.3) is 0 Å². The highest BCUT2D eigenvalue weighted by Gasteiger charge is 2.30. The summed E-state index contributed by atoms with van der Waals surface area (Å²) in [7, 11) is -3.92. The second-order valence-electron chi connectivity index (χ2n) is 6.02. The maximum absolute atomic E-state index is 13.3. The van der Waals surface area contributed by atoms with Gasteiger partial charge in [-0.1, -0.05) is 30.3 Å². The van der Waals surface area contributed by atoms with Gasteiger partial charge < -0.3 is 4.90 Å². The zero-order chi connectivity index (χ0) is 18.7. The standard InChI is InChI=1S/C18H18F2N2O3S/c19-16-7-6-15(13-17(16)20)26(24,25)22-10-8-21(9-11-22)18(23)12-14-4-2-1-3-5-14/h1-7,13H,8-12H2. The topological polar surface area (TPSA) is 57.7 Å². The number of piperazine rings is 1. The molecule has 0 unspecified atom stereocenters. The van der Waals surface area contributed by atoms with Crippen LogP contribution in [0.15, 0.2) is 53.4 Å². The molecule has 0 saturated carbocycles. The molecule has 3 rings (SSSR count). The monoisotopic (exact) mass is 380 g/mol. The van der Waals surface area contributed by atoms with Gasteiger partial charge in [-0.15, -0.1) is 0 Å². The molecular formula is C18H18F2N2O3S. The Balaban J connectivity index is 1.64. The summed E-state index contributed by atoms with van der Waals surface area (Å²) in [5.74, 6) is -2.37. The van der Waals surface area contributed by atoms with Crippen LogP contribution in [0.2, 0.25) is 0 Å². The molecule has 1 fully saturated rings. The van der Waals surface area contributed by atoms with E-state index in [1.807, 2.05) is 30.3 Å². The first kappa shape index (κ1) is 18.5. The lowest BCUT2D eigenvalue weighted by atomic mass is 10.1. The third-order valence-electron chi connectivity index (χ3n) is 4.32. The molecule has 1 aliphatic rings. The zero-order valence-electron chi connectivity index (χ0n) is 13.9. The summed E-state index contributed by atoms with van der Waals surface area (Å²) in [4.78, 5) is 13.7. The molecule has 0 radical (unpaired) electrons. The van der Waals surface area contributed by atoms with Crippen LogP contribution in [0.1, 0.15) is 5.56 Å². The maximum Gasteiger partial charge on any atom is 0.243 e. The number of carbonyl (C=O) groups is 1. The minimum atomic E-state index is -3.92. The molecule has 8 heteroatoms. The Morgan fingerprint density at radius 2 is 1.58 bits per heavy atom. The molecular weight excluding hydrogens is 362 g/mol. The van der Waals surface area contributed by atoms with E-state index >= 15 is 0 Å². The quantitative estimate of drug-likeness (QED) is 0.816. The molecule has 0 aromatic heterocycles. The van der Waals surface area contributed by atoms with Gasteiger partial charge in [0.05, 0.1) is 11.3 Å². The zero-order valence-corrected chi connectivity index (χ0v) is 14.8. The maximum atomic E-state index is 13.3. The number of hydrogen-bond acceptors (Lipinski definition) is 3. The Morgan fingerprint density at radius 1 is 0.923 bits per heavy atom. The summed E-state index contributed by atoms with van der Waals surface area (Å²) >= 11 is 0. The Morgan fingerprint density at radius 3 is 2.19 bits per heavy atom. The Bertz CT molecular complexity index is 896. The van der Waals surface area contributed by atoms with Gasteiger partial charge in [-0.2, -0.15) is 4.31 Å². The predicted molar refractivity (Wildman–Crippen MR) is 91.8 cm³/mol. The van der Waals surface area contributed by atoms with Crippen LogP contribution in [0.25, 0.3) is 0 Å². The van der Waals surface area contributed by atoms with Gasteiger partial charge in [0.2, 0.25) is 15.9 Å². The molecule has 0 aliphatic carbocycles. The van der Waals surface area contributed by atoms with Crippen molar-refractivity contribution in [3.63, 3.8) is 0 Å². The van der Waals surface area contributed by atoms with Crippen molar-refractivity contribution in [2.45, 2.75) is 11.3 Å². The average molecular weight is 380 g/mol. The van der Waals surface area contributed by atoms with E-state index in [0.29, 0.717) is 6.07 Å². The number of rotatable bonds is 4. The molecule has 2 aromatic carbocycles. The fourth-order valence-electron chi connectivity index (χ4n) is 2.85. The molecule has 1 amide bonds. The number of carbonyl (C=O) groups excluding carboxylic acids is 1. The largest absolute Gasteiger partial charge is 0.340 e. The van der Waals surface area contributed by atoms with E-state index in [2.05, 4.69) is 0 Å². The van der Waals surface area contributed by atoms with Crippen LogP contribution in [0.5, 0.6) is 0 Å². The minimum absolute atomic E-state index is 0.0684. The van der Waals surface area contributed by atoms with E-state index in [-0.39, 0.29) is 43.4 Å². The Kier molecular flexibility index (Phi) is 5.33. The Labute approximate surface area is 150 Å². The lowest BCUT2D eigenvalue weighted by molar-refractivity contribution is -0.131. The van der Waals surface area contributed by atoms with Gasteiger partial charge >= 0.3 is 0 Å². The number of benzene rings is 2. The molecule has 1 saturated heterocycles. The molecule has 0 bridgehead atoms. The summed E-state index contributed by atoms with van der Waals surface area (Å²) < 4.78 is 52.7. The summed E-state index contributed by atoms with van der Waals surface area (Å²) in [5.41, 5.74) is 0.898. The number of hydrogen-bond donors (Lipinski definition) is 0. The van der Waals surface area contributed by atoms with Crippen LogP contribution in [-0.4, -0.2) is 49.7 Å². The molecule has 26 heavy (non-hydrogen) atoms. The molecule has 1 heterocycles. The second kappa shape index (κ2) is 7.51. The van der Waals surface area contributed by atoms with E-state index in [1.165, 1.54) is 4.31 Å². The predicted octanol–water partition coefficient (Wildman–Crippen LogP) is 2.04. The smallest absolute Gasteiger partial charge is 0.243 e. The summed E-state index contributed by atoms with van der Waals surface area (Å²) in [6.07, 6.45) is 0.261. The van der Waals surface area contributed by atoms with E-state index in [4.69, 9.17) is 0 Å². The van der Waals surface area contributed by atoms with Crippen LogP contribution in [-0.2, 0) is 21.2 Å². The summed E-state index contributed by atoms with van der Waals surface area (Å²) in [6, 6.07) is 11.8. The van der Waals surface area contributed by atoms with E-state index < -0.39 is 21.7 Å². The van der Waals surface area contributed by atoms with Crippen molar-refractivity contribution in [3.8, 4) is 0 Å². The number of halogens is 2. The van der Waals surface area contributed by atoms with Gasteiger partial charge in [-0.05, 0) is 23.8 Å². The van der Waals surface area contributed by atoms with Gasteiger partial charge in [0, 0.05) is 26.2 Å². The van der Waals surface area contributed by atoms with E-state index in [1.54, 1.807) is 4.90 Å². The van der Waals surface area contributed by atoms with Crippen molar-refractivity contribution in [3.05, 3.63) is 65.7 Å². The number of amides is 1. The molecule has 0 spiro atoms. The second-order valence-corrected chi connectivity index (χ2v) is 7.96. The van der Waals surface area contributed by atoms with Crippen LogP contribution in [0.3, 0.4) is 0 Å². The molecule has 1 aliphatic heterocycles. The normalized spacial score (nSPS) is 15.8. The highest BCUT2D eigenvalue weighted by molar-refractivity contribution is 7.89. The van der Waals surface area contributed by atoms with Gasteiger partial charge in [0.1, 0.15) is 0 Å². The lowest BCUT2D eigenvalue weighted by Crippen LogP contribution is -2.50. The van der Waals surface area contributed by atoms with Crippen LogP contribution in [0, 0.1) is 11.6 Å². The highest BCUT2D eigenvalue weighted by Crippen LogP contribution is 2.20. The number of sulfonamides is 1. The molecule has 0 N–H and O–H groups in total. The first-order chi connectivity index (χ1) is 12.4. The third-order valence-corrected chi connectivity index (χ3v) is 6.21. The summed E-state index contributed by atoms with van der Waals surface area (Å²) in [6.45, 7) is 0.743. The average Bonchev–Trinajstić information content (AvgIpc) is 2.65. The van der Waals surface area contributed by atoms with E-state index in [9.17, 15) is 22.0 Å². The molecule has 0 atom stereocenters. The van der Waals surface area contributed by atoms with Crippen molar-refractivity contribution in [1.29, 1.82) is 0 Å². The Hall–Kier alpha value is -2.32. The lowest BCUT2D eigenvalue weighted by Gasteiger charge is -2.34. The van der Waals surface area contributed by atoms with Gasteiger partial charge in [-0.3, -0.25) is 4.79 Å². The van der Waals surface area contributed by atoms with Gasteiger partial charge in [0.15, 0.2) is 11.6 Å². The van der Waals surface area contributed by atoms with Crippen molar-refractivity contribution < 1.29 is 22.0 Å². The molecule has 138 valence electrons. The van der Waals surface area contributed by atoms with Crippen LogP contribution < -0.4 is 0 Å². The fourth-order valence-corrected chi connectivity index (χ4v) is 4.28. The van der Waals surface area contributed by atoms with Crippen LogP contribution >= 0.6 is 0 Å². The molecule has 2 aromatic rings. The van der Waals surface area contributed by atoms with Crippen molar-refractivity contribution in [2.75, 3.05) is 26.2 Å². The SMILES string of the molecule is O=C(Cc1ccccc1)N1CCN(S(=O)(=O)c2ccc(F)c(F)c2)CC1. The number of nitrogens with zero attached hydrogens (tertiary/aromatic N) is 2. The summed E-state index contributed by atoms with van der Waals surface area (Å²) in [5, 5.41) is 0. The van der Waals surface area contributed by atoms with E-state index in [0.717, 1.165) is 17.7 Å². The first-order valence-corrected chi connectivity index (χ1v) is 9.59. The first-order valence-electron chi connectivity index (χ1n) is 8.15. The van der Waals surface area contributed by atoms with Crippen molar-refractivity contribution in [2.24, 2.45) is 0 Å². The highest BCUT2D eigenvalue weighted by atomic mass is 32.2.